The van der Waals surface area contributed by atoms with E-state index in [0.29, 0.717) is 0 Å². The lowest BCUT2D eigenvalue weighted by Gasteiger charge is -2.40. The summed E-state index contributed by atoms with van der Waals surface area (Å²) in [5.74, 6) is -5.35. The van der Waals surface area contributed by atoms with Crippen molar-refractivity contribution in [2.75, 3.05) is 45.8 Å². The number of hydrogen-bond acceptors (Lipinski definition) is 3. The third-order valence-corrected chi connectivity index (χ3v) is 5.57. The minimum absolute atomic E-state index is 0.0930. The molecule has 3 heterocycles. The molecule has 11 heteroatoms. The molecular weight excluding hydrogens is 416 g/mol. The lowest BCUT2D eigenvalue weighted by atomic mass is 10.1. The summed E-state index contributed by atoms with van der Waals surface area (Å²) in [5, 5.41) is -0.586. The number of halogens is 5. The average Bonchev–Trinajstić information content (AvgIpc) is 3.00. The van der Waals surface area contributed by atoms with E-state index in [-0.39, 0.29) is 55.2 Å². The van der Waals surface area contributed by atoms with Gasteiger partial charge in [-0.15, -0.1) is 0 Å². The van der Waals surface area contributed by atoms with Crippen molar-refractivity contribution >= 4 is 34.3 Å². The van der Waals surface area contributed by atoms with Crippen LogP contribution in [0.15, 0.2) is 12.1 Å². The Morgan fingerprint density at radius 2 is 1.69 bits per heavy atom. The third kappa shape index (κ3) is 3.66. The number of fused-ring (bicyclic) bond motifs is 1. The predicted molar refractivity (Wildman–Crippen MR) is 97.1 cm³/mol. The van der Waals surface area contributed by atoms with E-state index in [9.17, 15) is 27.2 Å². The minimum Gasteiger partial charge on any atom is -0.348 e. The molecular formula is C18H17ClF4N4O2. The summed E-state index contributed by atoms with van der Waals surface area (Å²) < 4.78 is 54.0. The van der Waals surface area contributed by atoms with Crippen molar-refractivity contribution in [3.05, 3.63) is 34.5 Å². The van der Waals surface area contributed by atoms with Crippen LogP contribution in [0.3, 0.4) is 0 Å². The minimum atomic E-state index is -2.74. The van der Waals surface area contributed by atoms with Gasteiger partial charge in [-0.2, -0.15) is 0 Å². The maximum absolute atomic E-state index is 14.7. The van der Waals surface area contributed by atoms with Crippen LogP contribution in [-0.2, 0) is 4.79 Å². The van der Waals surface area contributed by atoms with Crippen LogP contribution in [0.2, 0.25) is 5.02 Å². The molecule has 2 aliphatic heterocycles. The van der Waals surface area contributed by atoms with Crippen molar-refractivity contribution in [2.45, 2.75) is 5.92 Å². The van der Waals surface area contributed by atoms with Crippen molar-refractivity contribution in [3.8, 4) is 0 Å². The molecule has 29 heavy (non-hydrogen) atoms. The maximum Gasteiger partial charge on any atom is 0.273 e. The van der Waals surface area contributed by atoms with E-state index < -0.39 is 41.6 Å². The number of aromatic amines is 1. The number of piperazine rings is 1. The molecule has 0 saturated carbocycles. The molecule has 0 unspecified atom stereocenters. The van der Waals surface area contributed by atoms with Gasteiger partial charge >= 0.3 is 0 Å². The second-order valence-electron chi connectivity index (χ2n) is 7.27. The van der Waals surface area contributed by atoms with Crippen LogP contribution in [0.25, 0.3) is 10.9 Å². The first-order valence-electron chi connectivity index (χ1n) is 8.99. The molecule has 1 aromatic carbocycles. The molecule has 2 aliphatic rings. The number of rotatable bonds is 3. The molecule has 2 amide bonds. The Labute approximate surface area is 168 Å². The SMILES string of the molecule is O=C(CN1CC(F)(F)C1)N1CCN(C(=O)c2[nH]c3ccc(F)c(Cl)c3c2F)CC1. The Hall–Kier alpha value is -2.33. The normalized spacial score (nSPS) is 19.5. The van der Waals surface area contributed by atoms with E-state index in [1.165, 1.54) is 20.8 Å². The Bertz CT molecular complexity index is 980. The summed E-state index contributed by atoms with van der Waals surface area (Å²) in [7, 11) is 0. The maximum atomic E-state index is 14.7. The van der Waals surface area contributed by atoms with Gasteiger partial charge < -0.3 is 14.8 Å². The summed E-state index contributed by atoms with van der Waals surface area (Å²) in [6.07, 6.45) is 0. The standard InChI is InChI=1S/C18H17ClF4N4O2/c19-14-10(20)1-2-11-13(14)15(21)16(24-11)17(29)27-5-3-26(4-6-27)12(28)7-25-8-18(22,23)9-25/h1-2,24H,3-9H2. The van der Waals surface area contributed by atoms with Crippen molar-refractivity contribution in [1.82, 2.24) is 19.7 Å². The average molecular weight is 433 g/mol. The van der Waals surface area contributed by atoms with Crippen molar-refractivity contribution in [1.29, 1.82) is 0 Å². The van der Waals surface area contributed by atoms with Crippen LogP contribution >= 0.6 is 11.6 Å². The fraction of sp³-hybridized carbons (Fsp3) is 0.444. The molecule has 1 aromatic heterocycles. The van der Waals surface area contributed by atoms with Crippen LogP contribution in [0.1, 0.15) is 10.5 Å². The second-order valence-corrected chi connectivity index (χ2v) is 7.65. The van der Waals surface area contributed by atoms with Gasteiger partial charge in [-0.1, -0.05) is 11.6 Å². The van der Waals surface area contributed by atoms with Crippen LogP contribution < -0.4 is 0 Å². The van der Waals surface area contributed by atoms with Gasteiger partial charge in [-0.3, -0.25) is 14.5 Å². The van der Waals surface area contributed by atoms with E-state index >= 15 is 0 Å². The molecule has 2 saturated heterocycles. The summed E-state index contributed by atoms with van der Waals surface area (Å²) in [4.78, 5) is 31.8. The van der Waals surface area contributed by atoms with E-state index in [4.69, 9.17) is 11.6 Å². The number of hydrogen-bond donors (Lipinski definition) is 1. The van der Waals surface area contributed by atoms with E-state index in [0.717, 1.165) is 6.07 Å². The number of nitrogens with zero attached hydrogens (tertiary/aromatic N) is 3. The van der Waals surface area contributed by atoms with E-state index in [2.05, 4.69) is 4.98 Å². The zero-order valence-electron chi connectivity index (χ0n) is 15.2. The molecule has 6 nitrogen and oxygen atoms in total. The number of carbonyl (C=O) groups excluding carboxylic acids is 2. The molecule has 2 fully saturated rings. The Kier molecular flexibility index (Phi) is 4.94. The van der Waals surface area contributed by atoms with Gasteiger partial charge in [0.25, 0.3) is 11.8 Å². The number of alkyl halides is 2. The number of likely N-dealkylation sites (tertiary alicyclic amines) is 1. The largest absolute Gasteiger partial charge is 0.348 e. The van der Waals surface area contributed by atoms with Gasteiger partial charge in [-0.05, 0) is 12.1 Å². The highest BCUT2D eigenvalue weighted by atomic mass is 35.5. The van der Waals surface area contributed by atoms with Gasteiger partial charge in [0.1, 0.15) is 11.5 Å². The first-order chi connectivity index (χ1) is 13.7. The molecule has 1 N–H and O–H groups in total. The summed E-state index contributed by atoms with van der Waals surface area (Å²) in [6, 6.07) is 2.37. The van der Waals surface area contributed by atoms with Crippen LogP contribution in [0, 0.1) is 11.6 Å². The van der Waals surface area contributed by atoms with E-state index in [1.54, 1.807) is 0 Å². The van der Waals surface area contributed by atoms with Gasteiger partial charge in [0, 0.05) is 26.2 Å². The van der Waals surface area contributed by atoms with Gasteiger partial charge in [-0.25, -0.2) is 17.6 Å². The monoisotopic (exact) mass is 432 g/mol. The van der Waals surface area contributed by atoms with Crippen LogP contribution in [0.5, 0.6) is 0 Å². The van der Waals surface area contributed by atoms with Crippen molar-refractivity contribution < 1.29 is 27.2 Å². The number of nitrogens with one attached hydrogen (secondary N) is 1. The predicted octanol–water partition coefficient (Wildman–Crippen LogP) is 2.33. The lowest BCUT2D eigenvalue weighted by Crippen LogP contribution is -2.60. The first kappa shape index (κ1) is 20.0. The highest BCUT2D eigenvalue weighted by Crippen LogP contribution is 2.31. The van der Waals surface area contributed by atoms with E-state index in [1.807, 2.05) is 0 Å². The summed E-state index contributed by atoms with van der Waals surface area (Å²) in [6.45, 7) is -0.197. The lowest BCUT2D eigenvalue weighted by molar-refractivity contribution is -0.151. The van der Waals surface area contributed by atoms with Crippen LogP contribution in [0.4, 0.5) is 17.6 Å². The quantitative estimate of drug-likeness (QED) is 0.757. The zero-order chi connectivity index (χ0) is 20.9. The highest BCUT2D eigenvalue weighted by molar-refractivity contribution is 6.35. The van der Waals surface area contributed by atoms with Gasteiger partial charge in [0.15, 0.2) is 5.82 Å². The molecule has 4 rings (SSSR count). The number of carbonyl (C=O) groups is 2. The molecule has 0 aliphatic carbocycles. The van der Waals surface area contributed by atoms with Gasteiger partial charge in [0.2, 0.25) is 5.91 Å². The van der Waals surface area contributed by atoms with Crippen molar-refractivity contribution in [2.24, 2.45) is 0 Å². The Balaban J connectivity index is 1.39. The highest BCUT2D eigenvalue weighted by Gasteiger charge is 2.44. The van der Waals surface area contributed by atoms with Gasteiger partial charge in [0.05, 0.1) is 35.6 Å². The number of benzene rings is 1. The Morgan fingerprint density at radius 3 is 2.31 bits per heavy atom. The van der Waals surface area contributed by atoms with Crippen molar-refractivity contribution in [3.63, 3.8) is 0 Å². The fourth-order valence-electron chi connectivity index (χ4n) is 3.66. The zero-order valence-corrected chi connectivity index (χ0v) is 15.9. The molecule has 2 aromatic rings. The van der Waals surface area contributed by atoms with Crippen LogP contribution in [-0.4, -0.2) is 83.2 Å². The molecule has 0 radical (unpaired) electrons. The Morgan fingerprint density at radius 1 is 1.07 bits per heavy atom. The third-order valence-electron chi connectivity index (χ3n) is 5.20. The second kappa shape index (κ2) is 7.17. The number of aromatic nitrogens is 1. The summed E-state index contributed by atoms with van der Waals surface area (Å²) in [5.41, 5.74) is -0.118. The first-order valence-corrected chi connectivity index (χ1v) is 9.36. The smallest absolute Gasteiger partial charge is 0.273 e. The molecule has 0 spiro atoms. The molecule has 0 atom stereocenters. The summed E-state index contributed by atoms with van der Waals surface area (Å²) >= 11 is 5.81. The topological polar surface area (TPSA) is 59.7 Å². The fourth-order valence-corrected chi connectivity index (χ4v) is 3.91. The number of H-pyrrole nitrogens is 1. The number of amides is 2. The molecule has 0 bridgehead atoms. The molecule has 156 valence electrons.